The fraction of sp³-hybridized carbons (Fsp3) is 0.615. The van der Waals surface area contributed by atoms with Crippen LogP contribution in [-0.2, 0) is 18.4 Å². The lowest BCUT2D eigenvalue weighted by atomic mass is 9.80. The molecular weight excluding hydrogens is 428 g/mol. The van der Waals surface area contributed by atoms with Gasteiger partial charge in [0.25, 0.3) is 0 Å². The number of hydrogen-bond donors (Lipinski definition) is 4. The second kappa shape index (κ2) is 10.4. The number of aryl methyl sites for hydroxylation is 1. The van der Waals surface area contributed by atoms with Crippen LogP contribution in [0.4, 0.5) is 17.2 Å². The van der Waals surface area contributed by atoms with Crippen molar-refractivity contribution in [1.29, 1.82) is 0 Å². The largest absolute Gasteiger partial charge is 0.373 e. The molecule has 1 aromatic heterocycles. The van der Waals surface area contributed by atoms with Crippen molar-refractivity contribution in [3.63, 3.8) is 0 Å². The third-order valence-electron chi connectivity index (χ3n) is 7.97. The molecule has 2 fully saturated rings. The standard InChI is InChI=1S/C26H38N6O2/c1-31-25-21(16-29-31)17-32(23-5-3-2-4-22(23)30-25)26(34)20-8-6-19(7-9-20)15-28-24(33)14-18-10-12-27-13-11-18/h2-5,16,18-20,26-27,30,34H,6-15,17H2,1H3,(H,28,33). The zero-order valence-corrected chi connectivity index (χ0v) is 20.2. The van der Waals surface area contributed by atoms with Gasteiger partial charge >= 0.3 is 0 Å². The molecule has 184 valence electrons. The molecule has 1 aliphatic carbocycles. The van der Waals surface area contributed by atoms with Gasteiger partial charge in [0.15, 0.2) is 0 Å². The molecule has 34 heavy (non-hydrogen) atoms. The van der Waals surface area contributed by atoms with Crippen LogP contribution in [0.1, 0.15) is 50.5 Å². The van der Waals surface area contributed by atoms with Crippen LogP contribution in [0.3, 0.4) is 0 Å². The molecule has 3 aliphatic rings. The van der Waals surface area contributed by atoms with Gasteiger partial charge in [-0.15, -0.1) is 0 Å². The Morgan fingerprint density at radius 3 is 2.71 bits per heavy atom. The van der Waals surface area contributed by atoms with E-state index in [-0.39, 0.29) is 11.8 Å². The Kier molecular flexibility index (Phi) is 7.06. The molecule has 3 heterocycles. The third kappa shape index (κ3) is 5.08. The summed E-state index contributed by atoms with van der Waals surface area (Å²) in [7, 11) is 1.94. The minimum Gasteiger partial charge on any atom is -0.373 e. The highest BCUT2D eigenvalue weighted by Gasteiger charge is 2.33. The van der Waals surface area contributed by atoms with E-state index in [4.69, 9.17) is 0 Å². The molecule has 1 saturated heterocycles. The second-order valence-corrected chi connectivity index (χ2v) is 10.3. The van der Waals surface area contributed by atoms with Gasteiger partial charge in [-0.1, -0.05) is 12.1 Å². The first-order valence-corrected chi connectivity index (χ1v) is 12.9. The summed E-state index contributed by atoms with van der Waals surface area (Å²) in [5, 5.41) is 26.0. The van der Waals surface area contributed by atoms with Crippen LogP contribution >= 0.6 is 0 Å². The normalized spacial score (nSPS) is 23.9. The van der Waals surface area contributed by atoms with Gasteiger partial charge in [0.05, 0.1) is 24.1 Å². The summed E-state index contributed by atoms with van der Waals surface area (Å²) >= 11 is 0. The molecule has 1 saturated carbocycles. The van der Waals surface area contributed by atoms with Crippen molar-refractivity contribution in [2.75, 3.05) is 29.9 Å². The number of aliphatic hydroxyl groups is 1. The lowest BCUT2D eigenvalue weighted by molar-refractivity contribution is -0.122. The molecule has 1 atom stereocenters. The summed E-state index contributed by atoms with van der Waals surface area (Å²) in [5.41, 5.74) is 3.11. The zero-order valence-electron chi connectivity index (χ0n) is 20.2. The van der Waals surface area contributed by atoms with E-state index >= 15 is 0 Å². The lowest BCUT2D eigenvalue weighted by Gasteiger charge is -2.38. The van der Waals surface area contributed by atoms with E-state index < -0.39 is 6.23 Å². The van der Waals surface area contributed by atoms with Crippen LogP contribution in [0.25, 0.3) is 0 Å². The van der Waals surface area contributed by atoms with Gasteiger partial charge in [-0.05, 0) is 75.6 Å². The van der Waals surface area contributed by atoms with Crippen molar-refractivity contribution in [2.24, 2.45) is 24.8 Å². The molecular formula is C26H38N6O2. The SMILES string of the molecule is Cn1ncc2c1Nc1ccccc1N(C(O)C1CCC(CNC(=O)CC3CCNCC3)CC1)C2. The van der Waals surface area contributed by atoms with Gasteiger partial charge in [0.1, 0.15) is 12.0 Å². The van der Waals surface area contributed by atoms with Crippen molar-refractivity contribution in [1.82, 2.24) is 20.4 Å². The quantitative estimate of drug-likeness (QED) is 0.523. The number of anilines is 3. The van der Waals surface area contributed by atoms with Crippen molar-refractivity contribution in [2.45, 2.75) is 57.7 Å². The molecule has 0 bridgehead atoms. The molecule has 8 nitrogen and oxygen atoms in total. The molecule has 4 N–H and O–H groups in total. The Morgan fingerprint density at radius 2 is 1.91 bits per heavy atom. The third-order valence-corrected chi connectivity index (χ3v) is 7.97. The molecule has 0 radical (unpaired) electrons. The minimum absolute atomic E-state index is 0.204. The Labute approximate surface area is 202 Å². The number of benzene rings is 1. The number of carbonyl (C=O) groups is 1. The summed E-state index contributed by atoms with van der Waals surface area (Å²) < 4.78 is 1.85. The summed E-state index contributed by atoms with van der Waals surface area (Å²) in [6.07, 6.45) is 8.24. The van der Waals surface area contributed by atoms with E-state index in [9.17, 15) is 9.90 Å². The Bertz CT molecular complexity index is 977. The molecule has 1 aromatic carbocycles. The average Bonchev–Trinajstić information content (AvgIpc) is 3.11. The van der Waals surface area contributed by atoms with Gasteiger partial charge in [-0.2, -0.15) is 5.10 Å². The van der Waals surface area contributed by atoms with Gasteiger partial charge in [0.2, 0.25) is 5.91 Å². The Balaban J connectivity index is 1.16. The van der Waals surface area contributed by atoms with Crippen LogP contribution in [0.2, 0.25) is 0 Å². The monoisotopic (exact) mass is 466 g/mol. The molecule has 5 rings (SSSR count). The molecule has 2 aromatic rings. The summed E-state index contributed by atoms with van der Waals surface area (Å²) in [4.78, 5) is 14.5. The van der Waals surface area contributed by atoms with E-state index in [0.29, 0.717) is 24.8 Å². The lowest BCUT2D eigenvalue weighted by Crippen LogP contribution is -2.42. The van der Waals surface area contributed by atoms with Crippen molar-refractivity contribution in [3.05, 3.63) is 36.0 Å². The van der Waals surface area contributed by atoms with E-state index in [1.54, 1.807) is 0 Å². The number of aliphatic hydroxyl groups excluding tert-OH is 1. The average molecular weight is 467 g/mol. The minimum atomic E-state index is -0.551. The number of aromatic nitrogens is 2. The number of amides is 1. The van der Waals surface area contributed by atoms with Gasteiger partial charge < -0.3 is 26.0 Å². The topological polar surface area (TPSA) is 94.5 Å². The number of para-hydroxylation sites is 2. The number of hydrogen-bond acceptors (Lipinski definition) is 6. The smallest absolute Gasteiger partial charge is 0.220 e. The van der Waals surface area contributed by atoms with Crippen molar-refractivity contribution < 1.29 is 9.90 Å². The molecule has 1 unspecified atom stereocenters. The van der Waals surface area contributed by atoms with Crippen LogP contribution in [0, 0.1) is 17.8 Å². The molecule has 1 amide bonds. The highest BCUT2D eigenvalue weighted by atomic mass is 16.3. The maximum atomic E-state index is 12.4. The van der Waals surface area contributed by atoms with E-state index in [1.165, 1.54) is 0 Å². The second-order valence-electron chi connectivity index (χ2n) is 10.3. The van der Waals surface area contributed by atoms with Gasteiger partial charge in [-0.25, -0.2) is 0 Å². The van der Waals surface area contributed by atoms with Crippen LogP contribution < -0.4 is 20.9 Å². The fourth-order valence-electron chi connectivity index (χ4n) is 5.85. The van der Waals surface area contributed by atoms with Crippen LogP contribution in [0.5, 0.6) is 0 Å². The first-order chi connectivity index (χ1) is 16.6. The van der Waals surface area contributed by atoms with Gasteiger partial charge in [0, 0.05) is 31.5 Å². The predicted molar refractivity (Wildman–Crippen MR) is 134 cm³/mol. The highest BCUT2D eigenvalue weighted by Crippen LogP contribution is 2.40. The number of carbonyl (C=O) groups excluding carboxylic acids is 1. The Hall–Kier alpha value is -2.58. The number of nitrogens with one attached hydrogen (secondary N) is 3. The van der Waals surface area contributed by atoms with E-state index in [1.807, 2.05) is 30.1 Å². The fourth-order valence-corrected chi connectivity index (χ4v) is 5.85. The van der Waals surface area contributed by atoms with Crippen LogP contribution in [-0.4, -0.2) is 46.7 Å². The predicted octanol–water partition coefficient (Wildman–Crippen LogP) is 3.11. The van der Waals surface area contributed by atoms with Crippen molar-refractivity contribution >= 4 is 23.1 Å². The number of fused-ring (bicyclic) bond motifs is 2. The van der Waals surface area contributed by atoms with Gasteiger partial charge in [-0.3, -0.25) is 9.48 Å². The maximum absolute atomic E-state index is 12.4. The van der Waals surface area contributed by atoms with Crippen LogP contribution in [0.15, 0.2) is 30.5 Å². The Morgan fingerprint density at radius 1 is 1.15 bits per heavy atom. The summed E-state index contributed by atoms with van der Waals surface area (Å²) in [6, 6.07) is 8.18. The summed E-state index contributed by atoms with van der Waals surface area (Å²) in [6.45, 7) is 3.46. The number of piperidine rings is 1. The summed E-state index contributed by atoms with van der Waals surface area (Å²) in [5.74, 6) is 2.43. The molecule has 0 spiro atoms. The zero-order chi connectivity index (χ0) is 23.5. The van der Waals surface area contributed by atoms with E-state index in [0.717, 1.165) is 80.9 Å². The number of nitrogens with zero attached hydrogens (tertiary/aromatic N) is 3. The maximum Gasteiger partial charge on any atom is 0.220 e. The first-order valence-electron chi connectivity index (χ1n) is 12.9. The molecule has 2 aliphatic heterocycles. The number of rotatable bonds is 6. The van der Waals surface area contributed by atoms with E-state index in [2.05, 4.69) is 38.1 Å². The molecule has 8 heteroatoms. The highest BCUT2D eigenvalue weighted by molar-refractivity contribution is 5.78. The first kappa shape index (κ1) is 23.2. The van der Waals surface area contributed by atoms with Crippen molar-refractivity contribution in [3.8, 4) is 0 Å².